The number of nitrogens with zero attached hydrogens (tertiary/aromatic N) is 3. The number of hydrogen-bond acceptors (Lipinski definition) is 5. The molecule has 7 heteroatoms. The first kappa shape index (κ1) is 12.1. The van der Waals surface area contributed by atoms with Gasteiger partial charge in [-0.05, 0) is 22.4 Å². The van der Waals surface area contributed by atoms with E-state index in [-0.39, 0.29) is 11.8 Å². The van der Waals surface area contributed by atoms with Gasteiger partial charge in [-0.15, -0.1) is 0 Å². The van der Waals surface area contributed by atoms with Gasteiger partial charge in [0, 0.05) is 13.1 Å². The highest BCUT2D eigenvalue weighted by Gasteiger charge is 2.28. The summed E-state index contributed by atoms with van der Waals surface area (Å²) in [5.74, 6) is 0.663. The lowest BCUT2D eigenvalue weighted by Gasteiger charge is -2.16. The number of amides is 1. The van der Waals surface area contributed by atoms with Crippen LogP contribution in [0.15, 0.2) is 10.7 Å². The number of nitrogens with two attached hydrogens (primary N) is 1. The second-order valence-corrected chi connectivity index (χ2v) is 4.72. The number of hydrogen-bond donors (Lipinski definition) is 1. The number of rotatable bonds is 3. The SMILES string of the molecule is COc1nc(N2CCC(C(N)=O)C2)ncc1Br. The van der Waals surface area contributed by atoms with Crippen LogP contribution in [0.5, 0.6) is 5.88 Å². The van der Waals surface area contributed by atoms with Crippen LogP contribution >= 0.6 is 15.9 Å². The standard InChI is InChI=1S/C10H13BrN4O2/c1-17-9-7(11)4-13-10(14-9)15-3-2-6(5-15)8(12)16/h4,6H,2-3,5H2,1H3,(H2,12,16). The number of ether oxygens (including phenoxy) is 1. The van der Waals surface area contributed by atoms with Crippen LogP contribution in [0, 0.1) is 5.92 Å². The molecule has 0 aliphatic carbocycles. The molecule has 1 aliphatic rings. The zero-order valence-corrected chi connectivity index (χ0v) is 11.0. The minimum atomic E-state index is -0.267. The maximum Gasteiger partial charge on any atom is 0.232 e. The summed E-state index contributed by atoms with van der Waals surface area (Å²) in [7, 11) is 1.55. The van der Waals surface area contributed by atoms with E-state index in [1.165, 1.54) is 0 Å². The number of carbonyl (C=O) groups excluding carboxylic acids is 1. The van der Waals surface area contributed by atoms with Gasteiger partial charge in [-0.2, -0.15) is 4.98 Å². The molecule has 0 radical (unpaired) electrons. The van der Waals surface area contributed by atoms with Crippen LogP contribution in [0.4, 0.5) is 5.95 Å². The molecule has 1 unspecified atom stereocenters. The highest BCUT2D eigenvalue weighted by atomic mass is 79.9. The lowest BCUT2D eigenvalue weighted by Crippen LogP contribution is -2.28. The molecule has 1 aliphatic heterocycles. The van der Waals surface area contributed by atoms with Crippen LogP contribution in [0.3, 0.4) is 0 Å². The Hall–Kier alpha value is -1.37. The molecule has 0 saturated carbocycles. The monoisotopic (exact) mass is 300 g/mol. The number of aromatic nitrogens is 2. The van der Waals surface area contributed by atoms with Crippen molar-refractivity contribution in [2.75, 3.05) is 25.1 Å². The van der Waals surface area contributed by atoms with Crippen LogP contribution in [0.1, 0.15) is 6.42 Å². The first-order valence-corrected chi connectivity index (χ1v) is 6.02. The van der Waals surface area contributed by atoms with E-state index in [1.807, 2.05) is 4.90 Å². The number of carbonyl (C=O) groups is 1. The van der Waals surface area contributed by atoms with Gasteiger partial charge < -0.3 is 15.4 Å². The molecule has 0 aromatic carbocycles. The highest BCUT2D eigenvalue weighted by Crippen LogP contribution is 2.26. The van der Waals surface area contributed by atoms with Crippen LogP contribution in [-0.2, 0) is 4.79 Å². The lowest BCUT2D eigenvalue weighted by molar-refractivity contribution is -0.121. The second-order valence-electron chi connectivity index (χ2n) is 3.86. The van der Waals surface area contributed by atoms with E-state index in [2.05, 4.69) is 25.9 Å². The fourth-order valence-electron chi connectivity index (χ4n) is 1.81. The molecule has 17 heavy (non-hydrogen) atoms. The van der Waals surface area contributed by atoms with E-state index < -0.39 is 0 Å². The number of halogens is 1. The number of methoxy groups -OCH3 is 1. The van der Waals surface area contributed by atoms with Crippen LogP contribution in [0.2, 0.25) is 0 Å². The summed E-state index contributed by atoms with van der Waals surface area (Å²) in [6.07, 6.45) is 2.38. The van der Waals surface area contributed by atoms with E-state index in [1.54, 1.807) is 13.3 Å². The van der Waals surface area contributed by atoms with Gasteiger partial charge >= 0.3 is 0 Å². The Kier molecular flexibility index (Phi) is 3.46. The molecule has 1 amide bonds. The van der Waals surface area contributed by atoms with Crippen molar-refractivity contribution < 1.29 is 9.53 Å². The van der Waals surface area contributed by atoms with E-state index in [4.69, 9.17) is 10.5 Å². The normalized spacial score (nSPS) is 19.4. The van der Waals surface area contributed by atoms with Gasteiger partial charge in [0.2, 0.25) is 17.7 Å². The Morgan fingerprint density at radius 3 is 3.06 bits per heavy atom. The summed E-state index contributed by atoms with van der Waals surface area (Å²) in [6.45, 7) is 1.30. The first-order valence-electron chi connectivity index (χ1n) is 5.22. The summed E-state index contributed by atoms with van der Waals surface area (Å²) < 4.78 is 5.81. The fraction of sp³-hybridized carbons (Fsp3) is 0.500. The van der Waals surface area contributed by atoms with E-state index in [0.29, 0.717) is 22.8 Å². The predicted molar refractivity (Wildman–Crippen MR) is 65.8 cm³/mol. The van der Waals surface area contributed by atoms with Gasteiger partial charge in [0.15, 0.2) is 0 Å². The molecular weight excluding hydrogens is 288 g/mol. The zero-order chi connectivity index (χ0) is 12.4. The average molecular weight is 301 g/mol. The van der Waals surface area contributed by atoms with E-state index in [9.17, 15) is 4.79 Å². The second kappa shape index (κ2) is 4.87. The fourth-order valence-corrected chi connectivity index (χ4v) is 2.17. The molecule has 1 aromatic rings. The lowest BCUT2D eigenvalue weighted by atomic mass is 10.1. The van der Waals surface area contributed by atoms with Crippen molar-refractivity contribution in [3.8, 4) is 5.88 Å². The number of anilines is 1. The molecule has 92 valence electrons. The summed E-state index contributed by atoms with van der Waals surface area (Å²) in [4.78, 5) is 21.5. The summed E-state index contributed by atoms with van der Waals surface area (Å²) in [6, 6.07) is 0. The number of primary amides is 1. The largest absolute Gasteiger partial charge is 0.480 e. The summed E-state index contributed by atoms with van der Waals surface area (Å²) in [5.41, 5.74) is 5.28. The highest BCUT2D eigenvalue weighted by molar-refractivity contribution is 9.10. The van der Waals surface area contributed by atoms with Gasteiger partial charge in [0.25, 0.3) is 0 Å². The average Bonchev–Trinajstić information content (AvgIpc) is 2.79. The van der Waals surface area contributed by atoms with E-state index >= 15 is 0 Å². The van der Waals surface area contributed by atoms with Crippen LogP contribution < -0.4 is 15.4 Å². The topological polar surface area (TPSA) is 81.3 Å². The van der Waals surface area contributed by atoms with Crippen molar-refractivity contribution in [2.45, 2.75) is 6.42 Å². The molecular formula is C10H13BrN4O2. The van der Waals surface area contributed by atoms with E-state index in [0.717, 1.165) is 13.0 Å². The molecule has 1 aromatic heterocycles. The molecule has 2 heterocycles. The molecule has 1 fully saturated rings. The molecule has 2 N–H and O–H groups in total. The predicted octanol–water partition coefficient (Wildman–Crippen LogP) is 0.559. The molecule has 6 nitrogen and oxygen atoms in total. The Morgan fingerprint density at radius 1 is 1.71 bits per heavy atom. The Morgan fingerprint density at radius 2 is 2.47 bits per heavy atom. The van der Waals surface area contributed by atoms with Crippen molar-refractivity contribution in [2.24, 2.45) is 11.7 Å². The molecule has 2 rings (SSSR count). The molecule has 0 bridgehead atoms. The molecule has 1 atom stereocenters. The van der Waals surface area contributed by atoms with Gasteiger partial charge in [0.1, 0.15) is 0 Å². The third kappa shape index (κ3) is 2.49. The smallest absolute Gasteiger partial charge is 0.232 e. The molecule has 0 spiro atoms. The van der Waals surface area contributed by atoms with Gasteiger partial charge in [-0.3, -0.25) is 4.79 Å². The quantitative estimate of drug-likeness (QED) is 0.882. The minimum absolute atomic E-state index is 0.117. The Bertz CT molecular complexity index is 440. The molecule has 1 saturated heterocycles. The van der Waals surface area contributed by atoms with Gasteiger partial charge in [-0.25, -0.2) is 4.98 Å². The third-order valence-corrected chi connectivity index (χ3v) is 3.31. The minimum Gasteiger partial charge on any atom is -0.480 e. The first-order chi connectivity index (χ1) is 8.11. The van der Waals surface area contributed by atoms with Crippen molar-refractivity contribution in [3.63, 3.8) is 0 Å². The third-order valence-electron chi connectivity index (χ3n) is 2.77. The van der Waals surface area contributed by atoms with Crippen molar-refractivity contribution in [3.05, 3.63) is 10.7 Å². The van der Waals surface area contributed by atoms with Crippen molar-refractivity contribution in [1.29, 1.82) is 0 Å². The maximum absolute atomic E-state index is 11.1. The Balaban J connectivity index is 2.16. The zero-order valence-electron chi connectivity index (χ0n) is 9.39. The summed E-state index contributed by atoms with van der Waals surface area (Å²) >= 11 is 3.29. The van der Waals surface area contributed by atoms with Crippen LogP contribution in [0.25, 0.3) is 0 Å². The summed E-state index contributed by atoms with van der Waals surface area (Å²) in [5, 5.41) is 0. The van der Waals surface area contributed by atoms with Gasteiger partial charge in [-0.1, -0.05) is 0 Å². The van der Waals surface area contributed by atoms with Crippen molar-refractivity contribution in [1.82, 2.24) is 9.97 Å². The van der Waals surface area contributed by atoms with Crippen molar-refractivity contribution >= 4 is 27.8 Å². The maximum atomic E-state index is 11.1. The van der Waals surface area contributed by atoms with Gasteiger partial charge in [0.05, 0.1) is 23.7 Å². The Labute approximate surface area is 107 Å². The van der Waals surface area contributed by atoms with Crippen LogP contribution in [-0.4, -0.2) is 36.1 Å².